The Kier molecular flexibility index (Phi) is 6.01. The van der Waals surface area contributed by atoms with Gasteiger partial charge in [-0.3, -0.25) is 0 Å². The molecule has 1 rings (SSSR count). The van der Waals surface area contributed by atoms with Crippen molar-refractivity contribution in [3.8, 4) is 0 Å². The zero-order valence-electron chi connectivity index (χ0n) is 12.4. The number of hydrogen-bond acceptors (Lipinski definition) is 3. The molecule has 0 amide bonds. The van der Waals surface area contributed by atoms with Crippen LogP contribution in [0.25, 0.3) is 0 Å². The second-order valence-electron chi connectivity index (χ2n) is 5.08. The SMILES string of the molecule is CCS(=O)(=O)CCCC(NC)c1ccc(C)cc1C. The molecule has 0 heterocycles. The van der Waals surface area contributed by atoms with E-state index in [1.165, 1.54) is 16.7 Å². The number of aryl methyl sites for hydroxylation is 2. The lowest BCUT2D eigenvalue weighted by molar-refractivity contribution is 0.533. The highest BCUT2D eigenvalue weighted by Gasteiger charge is 2.14. The monoisotopic (exact) mass is 283 g/mol. The molecule has 0 aliphatic carbocycles. The molecule has 0 radical (unpaired) electrons. The lowest BCUT2D eigenvalue weighted by Crippen LogP contribution is -2.19. The zero-order valence-corrected chi connectivity index (χ0v) is 13.2. The summed E-state index contributed by atoms with van der Waals surface area (Å²) in [6.07, 6.45) is 1.55. The third-order valence-electron chi connectivity index (χ3n) is 3.54. The van der Waals surface area contributed by atoms with Crippen LogP contribution >= 0.6 is 0 Å². The van der Waals surface area contributed by atoms with E-state index in [9.17, 15) is 8.42 Å². The van der Waals surface area contributed by atoms with Crippen LogP contribution in [0.4, 0.5) is 0 Å². The van der Waals surface area contributed by atoms with E-state index in [1.807, 2.05) is 7.05 Å². The van der Waals surface area contributed by atoms with Crippen molar-refractivity contribution in [2.45, 2.75) is 39.7 Å². The molecule has 0 aliphatic rings. The van der Waals surface area contributed by atoms with Gasteiger partial charge in [-0.25, -0.2) is 8.42 Å². The van der Waals surface area contributed by atoms with Crippen LogP contribution in [0.15, 0.2) is 18.2 Å². The van der Waals surface area contributed by atoms with Crippen molar-refractivity contribution in [3.05, 3.63) is 34.9 Å². The number of benzene rings is 1. The highest BCUT2D eigenvalue weighted by Crippen LogP contribution is 2.23. The second-order valence-corrected chi connectivity index (χ2v) is 7.55. The fourth-order valence-electron chi connectivity index (χ4n) is 2.32. The van der Waals surface area contributed by atoms with Gasteiger partial charge in [0.25, 0.3) is 0 Å². The van der Waals surface area contributed by atoms with Crippen LogP contribution in [0, 0.1) is 13.8 Å². The first-order valence-corrected chi connectivity index (χ1v) is 8.66. The molecule has 1 unspecified atom stereocenters. The molecule has 0 aromatic heterocycles. The Bertz CT molecular complexity index is 509. The van der Waals surface area contributed by atoms with Gasteiger partial charge in [-0.15, -0.1) is 0 Å². The molecule has 0 bridgehead atoms. The Morgan fingerprint density at radius 2 is 1.95 bits per heavy atom. The topological polar surface area (TPSA) is 46.2 Å². The van der Waals surface area contributed by atoms with Gasteiger partial charge in [-0.1, -0.05) is 30.7 Å². The lowest BCUT2D eigenvalue weighted by atomic mass is 9.96. The van der Waals surface area contributed by atoms with Crippen LogP contribution in [0.2, 0.25) is 0 Å². The minimum atomic E-state index is -2.85. The zero-order chi connectivity index (χ0) is 14.5. The third-order valence-corrected chi connectivity index (χ3v) is 5.33. The molecule has 0 saturated carbocycles. The summed E-state index contributed by atoms with van der Waals surface area (Å²) in [6.45, 7) is 5.89. The maximum atomic E-state index is 11.5. The van der Waals surface area contributed by atoms with Crippen LogP contribution in [-0.2, 0) is 9.84 Å². The van der Waals surface area contributed by atoms with Crippen molar-refractivity contribution < 1.29 is 8.42 Å². The Morgan fingerprint density at radius 3 is 2.47 bits per heavy atom. The minimum Gasteiger partial charge on any atom is -0.313 e. The quantitative estimate of drug-likeness (QED) is 0.837. The maximum absolute atomic E-state index is 11.5. The van der Waals surface area contributed by atoms with E-state index >= 15 is 0 Å². The fourth-order valence-corrected chi connectivity index (χ4v) is 3.22. The maximum Gasteiger partial charge on any atom is 0.150 e. The summed E-state index contributed by atoms with van der Waals surface area (Å²) in [5.41, 5.74) is 3.78. The van der Waals surface area contributed by atoms with Gasteiger partial charge in [0.05, 0.1) is 5.75 Å². The van der Waals surface area contributed by atoms with Crippen LogP contribution in [-0.4, -0.2) is 27.0 Å². The van der Waals surface area contributed by atoms with Crippen molar-refractivity contribution >= 4 is 9.84 Å². The predicted molar refractivity (Wildman–Crippen MR) is 81.3 cm³/mol. The van der Waals surface area contributed by atoms with Crippen molar-refractivity contribution in [1.82, 2.24) is 5.32 Å². The number of rotatable bonds is 7. The van der Waals surface area contributed by atoms with E-state index in [4.69, 9.17) is 0 Å². The summed E-state index contributed by atoms with van der Waals surface area (Å²) in [4.78, 5) is 0. The molecule has 3 nitrogen and oxygen atoms in total. The standard InChI is InChI=1S/C15H25NO2S/c1-5-19(17,18)10-6-7-15(16-4)14-9-8-12(2)11-13(14)3/h8-9,11,15-16H,5-7,10H2,1-4H3. The minimum absolute atomic E-state index is 0.229. The molecule has 108 valence electrons. The summed E-state index contributed by atoms with van der Waals surface area (Å²) in [7, 11) is -0.921. The van der Waals surface area contributed by atoms with E-state index in [0.717, 1.165) is 6.42 Å². The first kappa shape index (κ1) is 16.2. The predicted octanol–water partition coefficient (Wildman–Crippen LogP) is 2.78. The van der Waals surface area contributed by atoms with Crippen LogP contribution < -0.4 is 5.32 Å². The average molecular weight is 283 g/mol. The largest absolute Gasteiger partial charge is 0.313 e. The summed E-state index contributed by atoms with van der Waals surface area (Å²) in [6, 6.07) is 6.64. The Hall–Kier alpha value is -0.870. The van der Waals surface area contributed by atoms with Crippen molar-refractivity contribution in [3.63, 3.8) is 0 Å². The lowest BCUT2D eigenvalue weighted by Gasteiger charge is -2.19. The Balaban J connectivity index is 2.68. The molecule has 0 spiro atoms. The highest BCUT2D eigenvalue weighted by molar-refractivity contribution is 7.91. The van der Waals surface area contributed by atoms with Crippen LogP contribution in [0.5, 0.6) is 0 Å². The van der Waals surface area contributed by atoms with E-state index in [-0.39, 0.29) is 17.5 Å². The molecule has 0 fully saturated rings. The second kappa shape index (κ2) is 7.06. The fraction of sp³-hybridized carbons (Fsp3) is 0.600. The first-order valence-electron chi connectivity index (χ1n) is 6.84. The van der Waals surface area contributed by atoms with Crippen molar-refractivity contribution in [1.29, 1.82) is 0 Å². The van der Waals surface area contributed by atoms with Gasteiger partial charge < -0.3 is 5.32 Å². The molecule has 1 aromatic rings. The molecule has 19 heavy (non-hydrogen) atoms. The number of hydrogen-bond donors (Lipinski definition) is 1. The third kappa shape index (κ3) is 4.96. The molecular weight excluding hydrogens is 258 g/mol. The summed E-state index contributed by atoms with van der Waals surface area (Å²) in [5, 5.41) is 3.29. The molecule has 1 aromatic carbocycles. The molecule has 0 aliphatic heterocycles. The van der Waals surface area contributed by atoms with E-state index < -0.39 is 9.84 Å². The van der Waals surface area contributed by atoms with Gasteiger partial charge in [0.1, 0.15) is 9.84 Å². The summed E-state index contributed by atoms with van der Waals surface area (Å²) in [5.74, 6) is 0.521. The van der Waals surface area contributed by atoms with E-state index in [1.54, 1.807) is 6.92 Å². The van der Waals surface area contributed by atoms with Gasteiger partial charge in [-0.2, -0.15) is 0 Å². The van der Waals surface area contributed by atoms with Gasteiger partial charge in [0.2, 0.25) is 0 Å². The molecule has 1 atom stereocenters. The number of sulfone groups is 1. The molecular formula is C15H25NO2S. The summed E-state index contributed by atoms with van der Waals surface area (Å²) < 4.78 is 23.0. The van der Waals surface area contributed by atoms with Crippen LogP contribution in [0.1, 0.15) is 42.5 Å². The number of nitrogens with one attached hydrogen (secondary N) is 1. The summed E-state index contributed by atoms with van der Waals surface area (Å²) >= 11 is 0. The smallest absolute Gasteiger partial charge is 0.150 e. The van der Waals surface area contributed by atoms with E-state index in [2.05, 4.69) is 37.4 Å². The van der Waals surface area contributed by atoms with Gasteiger partial charge in [0.15, 0.2) is 0 Å². The van der Waals surface area contributed by atoms with E-state index in [0.29, 0.717) is 6.42 Å². The van der Waals surface area contributed by atoms with Crippen molar-refractivity contribution in [2.24, 2.45) is 0 Å². The first-order chi connectivity index (χ1) is 8.89. The van der Waals surface area contributed by atoms with Gasteiger partial charge >= 0.3 is 0 Å². The average Bonchev–Trinajstić information content (AvgIpc) is 2.36. The van der Waals surface area contributed by atoms with Crippen LogP contribution in [0.3, 0.4) is 0 Å². The Morgan fingerprint density at radius 1 is 1.26 bits per heavy atom. The van der Waals surface area contributed by atoms with Crippen molar-refractivity contribution in [2.75, 3.05) is 18.6 Å². The molecule has 4 heteroatoms. The highest BCUT2D eigenvalue weighted by atomic mass is 32.2. The molecule has 0 saturated heterocycles. The van der Waals surface area contributed by atoms with Gasteiger partial charge in [0, 0.05) is 11.8 Å². The molecule has 1 N–H and O–H groups in total. The van der Waals surface area contributed by atoms with Gasteiger partial charge in [-0.05, 0) is 44.9 Å². The Labute approximate surface area is 117 Å². The normalized spacial score (nSPS) is 13.5.